The second-order valence-corrected chi connectivity index (χ2v) is 5.46. The van der Waals surface area contributed by atoms with Crippen LogP contribution in [0, 0.1) is 6.92 Å². The molecule has 3 atom stereocenters. The van der Waals surface area contributed by atoms with Crippen LogP contribution >= 0.6 is 15.9 Å². The van der Waals surface area contributed by atoms with Gasteiger partial charge in [0.05, 0.1) is 18.1 Å². The molecule has 1 saturated heterocycles. The smallest absolute Gasteiger partial charge is 0.167 e. The van der Waals surface area contributed by atoms with Crippen LogP contribution in [0.5, 0.6) is 0 Å². The van der Waals surface area contributed by atoms with Crippen molar-refractivity contribution in [2.75, 3.05) is 12.3 Å². The Morgan fingerprint density at radius 3 is 2.90 bits per heavy atom. The van der Waals surface area contributed by atoms with Gasteiger partial charge < -0.3 is 20.7 Å². The summed E-state index contributed by atoms with van der Waals surface area (Å²) in [5, 5.41) is 23.9. The van der Waals surface area contributed by atoms with E-state index in [0.29, 0.717) is 33.7 Å². The summed E-state index contributed by atoms with van der Waals surface area (Å²) in [4.78, 5) is 8.43. The third kappa shape index (κ3) is 2.06. The molecule has 1 fully saturated rings. The minimum absolute atomic E-state index is 0.242. The quantitative estimate of drug-likeness (QED) is 0.708. The van der Waals surface area contributed by atoms with Gasteiger partial charge in [-0.05, 0) is 22.9 Å². The largest absolute Gasteiger partial charge is 0.394 e. The predicted molar refractivity (Wildman–Crippen MR) is 73.8 cm³/mol. The molecule has 20 heavy (non-hydrogen) atoms. The molecular weight excluding hydrogens is 330 g/mol. The van der Waals surface area contributed by atoms with E-state index < -0.39 is 18.4 Å². The van der Waals surface area contributed by atoms with E-state index in [1.807, 2.05) is 0 Å². The Labute approximate surface area is 122 Å². The Bertz CT molecular complexity index is 661. The first kappa shape index (κ1) is 13.7. The van der Waals surface area contributed by atoms with Crippen molar-refractivity contribution in [3.8, 4) is 0 Å². The molecule has 1 aliphatic rings. The Morgan fingerprint density at radius 1 is 1.50 bits per heavy atom. The number of nitrogens with zero attached hydrogens (tertiary/aromatic N) is 4. The van der Waals surface area contributed by atoms with Crippen molar-refractivity contribution in [2.24, 2.45) is 0 Å². The first-order chi connectivity index (χ1) is 9.51. The average molecular weight is 344 g/mol. The molecule has 0 aliphatic carbocycles. The van der Waals surface area contributed by atoms with Crippen LogP contribution in [0.3, 0.4) is 0 Å². The SMILES string of the molecule is Cc1nc(N)c2c(Br)nn([C@H]3C[C@@H](O)[C@@H](CO)O3)c2n1. The number of aliphatic hydroxyl groups is 2. The number of aromatic nitrogens is 4. The molecule has 4 N–H and O–H groups in total. The van der Waals surface area contributed by atoms with Gasteiger partial charge in [0.2, 0.25) is 0 Å². The van der Waals surface area contributed by atoms with Gasteiger partial charge in [0.15, 0.2) is 11.9 Å². The van der Waals surface area contributed by atoms with Crippen molar-refractivity contribution in [2.45, 2.75) is 31.8 Å². The van der Waals surface area contributed by atoms with Crippen LogP contribution in [0.4, 0.5) is 5.82 Å². The number of rotatable bonds is 2. The highest BCUT2D eigenvalue weighted by atomic mass is 79.9. The van der Waals surface area contributed by atoms with E-state index in [1.54, 1.807) is 11.6 Å². The van der Waals surface area contributed by atoms with Crippen molar-refractivity contribution in [3.63, 3.8) is 0 Å². The van der Waals surface area contributed by atoms with E-state index >= 15 is 0 Å². The summed E-state index contributed by atoms with van der Waals surface area (Å²) >= 11 is 3.33. The maximum atomic E-state index is 9.81. The third-order valence-corrected chi connectivity index (χ3v) is 3.86. The number of anilines is 1. The van der Waals surface area contributed by atoms with Gasteiger partial charge in [-0.3, -0.25) is 0 Å². The van der Waals surface area contributed by atoms with Gasteiger partial charge in [0, 0.05) is 6.42 Å². The topological polar surface area (TPSA) is 119 Å². The first-order valence-electron chi connectivity index (χ1n) is 6.13. The lowest BCUT2D eigenvalue weighted by molar-refractivity contribution is -0.0471. The number of nitrogens with two attached hydrogens (primary N) is 1. The standard InChI is InChI=1S/C11H14BrN5O3/c1-4-14-10(13)8-9(12)16-17(11(8)15-4)7-2-5(19)6(3-18)20-7/h5-7,18-19H,2-3H2,1H3,(H2,13,14,15)/t5-,6-,7-/m1/s1. The van der Waals surface area contributed by atoms with Gasteiger partial charge in [0.25, 0.3) is 0 Å². The molecule has 108 valence electrons. The van der Waals surface area contributed by atoms with E-state index in [2.05, 4.69) is 31.0 Å². The summed E-state index contributed by atoms with van der Waals surface area (Å²) in [5.74, 6) is 0.865. The van der Waals surface area contributed by atoms with Crippen molar-refractivity contribution in [1.29, 1.82) is 0 Å². The van der Waals surface area contributed by atoms with Gasteiger partial charge >= 0.3 is 0 Å². The summed E-state index contributed by atoms with van der Waals surface area (Å²) in [6, 6.07) is 0. The van der Waals surface area contributed by atoms with Crippen LogP contribution in [-0.2, 0) is 4.74 Å². The van der Waals surface area contributed by atoms with Crippen LogP contribution in [0.25, 0.3) is 11.0 Å². The van der Waals surface area contributed by atoms with Crippen LogP contribution < -0.4 is 5.73 Å². The maximum Gasteiger partial charge on any atom is 0.167 e. The normalized spacial score (nSPS) is 26.5. The average Bonchev–Trinajstić information content (AvgIpc) is 2.90. The van der Waals surface area contributed by atoms with Gasteiger partial charge in [-0.15, -0.1) is 0 Å². The molecule has 0 amide bonds. The molecule has 0 bridgehead atoms. The maximum absolute atomic E-state index is 9.81. The Balaban J connectivity index is 2.09. The number of aliphatic hydroxyl groups excluding tert-OH is 2. The summed E-state index contributed by atoms with van der Waals surface area (Å²) < 4.78 is 7.67. The molecule has 3 rings (SSSR count). The van der Waals surface area contributed by atoms with Crippen molar-refractivity contribution in [3.05, 3.63) is 10.4 Å². The van der Waals surface area contributed by atoms with Gasteiger partial charge in [0.1, 0.15) is 22.3 Å². The van der Waals surface area contributed by atoms with Crippen molar-refractivity contribution >= 4 is 32.8 Å². The van der Waals surface area contributed by atoms with Crippen LogP contribution in [-0.4, -0.2) is 48.8 Å². The Hall–Kier alpha value is -1.29. The summed E-state index contributed by atoms with van der Waals surface area (Å²) in [7, 11) is 0. The molecule has 0 saturated carbocycles. The second-order valence-electron chi connectivity index (χ2n) is 4.70. The molecule has 8 nitrogen and oxygen atoms in total. The summed E-state index contributed by atoms with van der Waals surface area (Å²) in [6.07, 6.45) is -1.51. The van der Waals surface area contributed by atoms with Gasteiger partial charge in [-0.25, -0.2) is 14.6 Å². The number of hydrogen-bond donors (Lipinski definition) is 3. The van der Waals surface area contributed by atoms with E-state index in [1.165, 1.54) is 0 Å². The first-order valence-corrected chi connectivity index (χ1v) is 6.92. The number of halogens is 1. The van der Waals surface area contributed by atoms with Crippen molar-refractivity contribution < 1.29 is 14.9 Å². The molecule has 0 spiro atoms. The highest BCUT2D eigenvalue weighted by Crippen LogP contribution is 2.34. The Morgan fingerprint density at radius 2 is 2.25 bits per heavy atom. The van der Waals surface area contributed by atoms with E-state index in [4.69, 9.17) is 15.6 Å². The van der Waals surface area contributed by atoms with Crippen LogP contribution in [0.15, 0.2) is 4.60 Å². The zero-order valence-corrected chi connectivity index (χ0v) is 12.3. The highest BCUT2D eigenvalue weighted by Gasteiger charge is 2.36. The van der Waals surface area contributed by atoms with E-state index in [9.17, 15) is 5.11 Å². The number of aryl methyl sites for hydroxylation is 1. The summed E-state index contributed by atoms with van der Waals surface area (Å²) in [5.41, 5.74) is 6.43. The van der Waals surface area contributed by atoms with Gasteiger partial charge in [-0.1, -0.05) is 0 Å². The lowest BCUT2D eigenvalue weighted by Crippen LogP contribution is -2.24. The molecular formula is C11H14BrN5O3. The molecule has 0 radical (unpaired) electrons. The molecule has 0 unspecified atom stereocenters. The molecule has 9 heteroatoms. The Kier molecular flexibility index (Phi) is 3.36. The number of nitrogen functional groups attached to an aromatic ring is 1. The fourth-order valence-electron chi connectivity index (χ4n) is 2.36. The van der Waals surface area contributed by atoms with Crippen molar-refractivity contribution in [1.82, 2.24) is 19.7 Å². The van der Waals surface area contributed by atoms with E-state index in [-0.39, 0.29) is 6.61 Å². The van der Waals surface area contributed by atoms with Crippen LogP contribution in [0.1, 0.15) is 18.5 Å². The minimum Gasteiger partial charge on any atom is -0.394 e. The second kappa shape index (κ2) is 4.92. The number of hydrogen-bond acceptors (Lipinski definition) is 7. The fourth-order valence-corrected chi connectivity index (χ4v) is 2.92. The minimum atomic E-state index is -0.733. The highest BCUT2D eigenvalue weighted by molar-refractivity contribution is 9.10. The summed E-state index contributed by atoms with van der Waals surface area (Å²) in [6.45, 7) is 1.50. The molecule has 2 aromatic heterocycles. The predicted octanol–water partition coefficient (Wildman–Crippen LogP) is 0.120. The van der Waals surface area contributed by atoms with Crippen LogP contribution in [0.2, 0.25) is 0 Å². The zero-order valence-electron chi connectivity index (χ0n) is 10.7. The molecule has 3 heterocycles. The molecule has 1 aliphatic heterocycles. The monoisotopic (exact) mass is 343 g/mol. The lowest BCUT2D eigenvalue weighted by Gasteiger charge is -2.13. The third-order valence-electron chi connectivity index (χ3n) is 3.31. The van der Waals surface area contributed by atoms with Gasteiger partial charge in [-0.2, -0.15) is 5.10 Å². The molecule has 2 aromatic rings. The number of ether oxygens (including phenoxy) is 1. The lowest BCUT2D eigenvalue weighted by atomic mass is 10.2. The molecule has 0 aromatic carbocycles. The fraction of sp³-hybridized carbons (Fsp3) is 0.545. The number of fused-ring (bicyclic) bond motifs is 1. The zero-order chi connectivity index (χ0) is 14.4. The van der Waals surface area contributed by atoms with E-state index in [0.717, 1.165) is 0 Å².